The van der Waals surface area contributed by atoms with E-state index in [1.165, 1.54) is 5.56 Å². The summed E-state index contributed by atoms with van der Waals surface area (Å²) in [6, 6.07) is 21.9. The number of rotatable bonds is 5. The van der Waals surface area contributed by atoms with Crippen molar-refractivity contribution in [1.82, 2.24) is 4.90 Å². The largest absolute Gasteiger partial charge is 0.497 e. The van der Waals surface area contributed by atoms with Crippen LogP contribution in [0.1, 0.15) is 55.5 Å². The van der Waals surface area contributed by atoms with Crippen molar-refractivity contribution in [2.75, 3.05) is 12.4 Å². The van der Waals surface area contributed by atoms with E-state index in [2.05, 4.69) is 17.4 Å². The molecular weight excluding hydrogens is 452 g/mol. The molecule has 3 atom stereocenters. The average Bonchev–Trinajstić information content (AvgIpc) is 3.02. The number of fused-ring (bicyclic) bond motifs is 2. The maximum absolute atomic E-state index is 14.3. The summed E-state index contributed by atoms with van der Waals surface area (Å²) in [6.07, 6.45) is 1.97. The molecule has 0 saturated heterocycles. The second kappa shape index (κ2) is 10.1. The fraction of sp³-hybridized carbons (Fsp3) is 0.333. The van der Waals surface area contributed by atoms with E-state index in [1.54, 1.807) is 18.1 Å². The van der Waals surface area contributed by atoms with Crippen molar-refractivity contribution in [2.24, 2.45) is 5.92 Å². The number of carbonyl (C=O) groups excluding carboxylic acids is 2. The van der Waals surface area contributed by atoms with Gasteiger partial charge in [0.05, 0.1) is 13.2 Å². The first kappa shape index (κ1) is 23.9. The summed E-state index contributed by atoms with van der Waals surface area (Å²) in [7, 11) is 1.59. The molecule has 1 aliphatic carbocycles. The molecule has 36 heavy (non-hydrogen) atoms. The Morgan fingerprint density at radius 3 is 2.53 bits per heavy atom. The number of para-hydroxylation sites is 1. The van der Waals surface area contributed by atoms with Gasteiger partial charge in [0.15, 0.2) is 6.10 Å². The minimum Gasteiger partial charge on any atom is -0.497 e. The van der Waals surface area contributed by atoms with E-state index in [9.17, 15) is 9.59 Å². The molecule has 2 amide bonds. The van der Waals surface area contributed by atoms with Crippen LogP contribution >= 0.6 is 0 Å². The lowest BCUT2D eigenvalue weighted by atomic mass is 9.85. The van der Waals surface area contributed by atoms with Crippen molar-refractivity contribution in [1.29, 1.82) is 0 Å². The van der Waals surface area contributed by atoms with E-state index < -0.39 is 12.1 Å². The highest BCUT2D eigenvalue weighted by Gasteiger charge is 2.46. The maximum atomic E-state index is 14.3. The van der Waals surface area contributed by atoms with Crippen LogP contribution in [0.2, 0.25) is 0 Å². The van der Waals surface area contributed by atoms with Crippen LogP contribution in [-0.4, -0.2) is 29.9 Å². The number of anilines is 1. The van der Waals surface area contributed by atoms with E-state index in [0.717, 1.165) is 24.8 Å². The van der Waals surface area contributed by atoms with Crippen LogP contribution in [0.5, 0.6) is 11.5 Å². The Hall–Kier alpha value is -3.80. The molecule has 6 nitrogen and oxygen atoms in total. The van der Waals surface area contributed by atoms with E-state index in [-0.39, 0.29) is 23.8 Å². The molecule has 2 aliphatic rings. The zero-order chi connectivity index (χ0) is 25.2. The molecular formula is C30H32N2O4. The first-order valence-corrected chi connectivity index (χ1v) is 12.6. The van der Waals surface area contributed by atoms with Gasteiger partial charge in [-0.15, -0.1) is 0 Å². The third-order valence-corrected chi connectivity index (χ3v) is 7.11. The van der Waals surface area contributed by atoms with Crippen molar-refractivity contribution < 1.29 is 19.1 Å². The summed E-state index contributed by atoms with van der Waals surface area (Å²) in [4.78, 5) is 30.1. The number of methoxy groups -OCH3 is 1. The molecule has 186 valence electrons. The lowest BCUT2D eigenvalue weighted by molar-refractivity contribution is -0.148. The van der Waals surface area contributed by atoms with E-state index in [0.29, 0.717) is 22.7 Å². The molecule has 1 heterocycles. The van der Waals surface area contributed by atoms with E-state index in [1.807, 2.05) is 68.4 Å². The third-order valence-electron chi connectivity index (χ3n) is 7.11. The van der Waals surface area contributed by atoms with Crippen LogP contribution in [0.4, 0.5) is 5.69 Å². The molecule has 6 heteroatoms. The number of ether oxygens (including phenoxy) is 2. The highest BCUT2D eigenvalue weighted by Crippen LogP contribution is 2.45. The van der Waals surface area contributed by atoms with Gasteiger partial charge in [0.1, 0.15) is 17.5 Å². The molecule has 0 spiro atoms. The van der Waals surface area contributed by atoms with Gasteiger partial charge in [0.2, 0.25) is 0 Å². The molecule has 3 aromatic rings. The monoisotopic (exact) mass is 484 g/mol. The van der Waals surface area contributed by atoms with Crippen molar-refractivity contribution in [2.45, 2.75) is 51.3 Å². The van der Waals surface area contributed by atoms with Gasteiger partial charge >= 0.3 is 0 Å². The number of amides is 2. The van der Waals surface area contributed by atoms with E-state index in [4.69, 9.17) is 9.47 Å². The van der Waals surface area contributed by atoms with Crippen LogP contribution in [0.15, 0.2) is 72.8 Å². The molecule has 0 saturated carbocycles. The summed E-state index contributed by atoms with van der Waals surface area (Å²) in [5, 5.41) is 3.05. The first-order valence-electron chi connectivity index (χ1n) is 12.6. The molecule has 0 fully saturated rings. The minimum atomic E-state index is -0.862. The Labute approximate surface area is 212 Å². The number of carbonyl (C=O) groups is 2. The van der Waals surface area contributed by atoms with Crippen molar-refractivity contribution >= 4 is 17.5 Å². The number of hydrogen-bond donors (Lipinski definition) is 1. The molecule has 1 N–H and O–H groups in total. The number of hydrogen-bond acceptors (Lipinski definition) is 4. The van der Waals surface area contributed by atoms with E-state index >= 15 is 0 Å². The summed E-state index contributed by atoms with van der Waals surface area (Å²) in [5.41, 5.74) is 3.67. The predicted octanol–water partition coefficient (Wildman–Crippen LogP) is 5.70. The average molecular weight is 485 g/mol. The zero-order valence-corrected chi connectivity index (χ0v) is 20.9. The van der Waals surface area contributed by atoms with Crippen LogP contribution in [0.25, 0.3) is 0 Å². The number of nitrogens with zero attached hydrogens (tertiary/aromatic N) is 1. The lowest BCUT2D eigenvalue weighted by Crippen LogP contribution is -2.49. The highest BCUT2D eigenvalue weighted by molar-refractivity contribution is 5.99. The lowest BCUT2D eigenvalue weighted by Gasteiger charge is -2.40. The highest BCUT2D eigenvalue weighted by atomic mass is 16.5. The van der Waals surface area contributed by atoms with Gasteiger partial charge in [0, 0.05) is 17.3 Å². The predicted molar refractivity (Wildman–Crippen MR) is 139 cm³/mol. The smallest absolute Gasteiger partial charge is 0.265 e. The van der Waals surface area contributed by atoms with Crippen LogP contribution in [0, 0.1) is 5.92 Å². The Kier molecular flexibility index (Phi) is 6.68. The van der Waals surface area contributed by atoms with Crippen LogP contribution in [-0.2, 0) is 16.0 Å². The van der Waals surface area contributed by atoms with Crippen molar-refractivity contribution in [3.05, 3.63) is 89.5 Å². The molecule has 0 radical (unpaired) electrons. The normalized spacial score (nSPS) is 21.2. The maximum Gasteiger partial charge on any atom is 0.265 e. The Morgan fingerprint density at radius 2 is 1.78 bits per heavy atom. The van der Waals surface area contributed by atoms with Gasteiger partial charge in [-0.3, -0.25) is 9.59 Å². The first-order chi connectivity index (χ1) is 17.5. The zero-order valence-electron chi connectivity index (χ0n) is 20.9. The fourth-order valence-electron chi connectivity index (χ4n) is 5.35. The van der Waals surface area contributed by atoms with Gasteiger partial charge in [-0.25, -0.2) is 0 Å². The molecule has 0 aromatic heterocycles. The fourth-order valence-corrected chi connectivity index (χ4v) is 5.35. The standard InChI is InChI=1S/C30H32N2O4/c1-19(2)28-30(34)32(25-15-9-11-20-10-7-8-14-23(20)25)27(29(33)31-21-12-5-4-6-13-21)24-17-16-22(35-3)18-26(24)36-28/h4-8,10,12-14,16-19,25,27-28H,9,11,15H2,1-3H3,(H,31,33). The van der Waals surface area contributed by atoms with Crippen LogP contribution in [0.3, 0.4) is 0 Å². The summed E-state index contributed by atoms with van der Waals surface area (Å²) < 4.78 is 11.8. The second-order valence-electron chi connectivity index (χ2n) is 9.80. The topological polar surface area (TPSA) is 67.9 Å². The van der Waals surface area contributed by atoms with Gasteiger partial charge in [-0.05, 0) is 60.6 Å². The molecule has 1 aliphatic heterocycles. The molecule has 0 bridgehead atoms. The Morgan fingerprint density at radius 1 is 1.03 bits per heavy atom. The quantitative estimate of drug-likeness (QED) is 0.505. The van der Waals surface area contributed by atoms with Crippen molar-refractivity contribution in [3.8, 4) is 11.5 Å². The van der Waals surface area contributed by atoms with Gasteiger partial charge < -0.3 is 19.7 Å². The van der Waals surface area contributed by atoms with Gasteiger partial charge in [-0.1, -0.05) is 56.3 Å². The third kappa shape index (κ3) is 4.43. The van der Waals surface area contributed by atoms with Crippen LogP contribution < -0.4 is 14.8 Å². The molecule has 5 rings (SSSR count). The SMILES string of the molecule is COc1ccc2c(c1)OC(C(C)C)C(=O)N(C1CCCc3ccccc31)C2C(=O)Nc1ccccc1. The Balaban J connectivity index is 1.68. The summed E-state index contributed by atoms with van der Waals surface area (Å²) >= 11 is 0. The Bertz CT molecular complexity index is 1260. The number of aryl methyl sites for hydroxylation is 1. The van der Waals surface area contributed by atoms with Crippen molar-refractivity contribution in [3.63, 3.8) is 0 Å². The summed E-state index contributed by atoms with van der Waals surface area (Å²) in [6.45, 7) is 3.94. The van der Waals surface area contributed by atoms with Gasteiger partial charge in [0.25, 0.3) is 11.8 Å². The molecule has 3 aromatic carbocycles. The number of benzene rings is 3. The number of nitrogens with one attached hydrogen (secondary N) is 1. The minimum absolute atomic E-state index is 0.0891. The van der Waals surface area contributed by atoms with Gasteiger partial charge in [-0.2, -0.15) is 0 Å². The second-order valence-corrected chi connectivity index (χ2v) is 9.80. The molecule has 3 unspecified atom stereocenters. The summed E-state index contributed by atoms with van der Waals surface area (Å²) in [5.74, 6) is 0.588.